The number of hydrogen-bond donors (Lipinski definition) is 6. The van der Waals surface area contributed by atoms with Crippen LogP contribution in [0.1, 0.15) is 25.1 Å². The maximum Gasteiger partial charge on any atom is 0.430 e. The molecule has 49 heavy (non-hydrogen) atoms. The average Bonchev–Trinajstić information content (AvgIpc) is 3.44. The number of anilines is 3. The van der Waals surface area contributed by atoms with Crippen LogP contribution in [-0.2, 0) is 35.9 Å². The number of nitrogens with one attached hydrogen (secondary N) is 1. The van der Waals surface area contributed by atoms with Gasteiger partial charge in [0.15, 0.2) is 10.8 Å². The highest BCUT2D eigenvalue weighted by atomic mass is 32.2. The first-order valence-electron chi connectivity index (χ1n) is 13.3. The number of β-lactam (4-membered cyclic amide) rings is 1. The number of rotatable bonds is 10. The number of carboxylic acid groups (broad SMARTS) is 3. The molecule has 24 heteroatoms. The Balaban J connectivity index is 0.000000838. The fraction of sp³-hybridized carbons (Fsp3) is 0.400. The lowest BCUT2D eigenvalue weighted by Gasteiger charge is -2.49. The summed E-state index contributed by atoms with van der Waals surface area (Å²) >= 11 is 3.52. The molecule has 2 unspecified atom stereocenters. The lowest BCUT2D eigenvalue weighted by Crippen LogP contribution is -2.71. The molecule has 18 nitrogen and oxygen atoms in total. The summed E-state index contributed by atoms with van der Waals surface area (Å²) in [5.41, 5.74) is 16.5. The van der Waals surface area contributed by atoms with E-state index in [2.05, 4.69) is 20.4 Å². The SMILES string of the molecule is Cc1c(N)nc(SCC2=C(C(=O)O)N3C(=O)C(NC(=O)/C(=N\OC(C)(C)C(=O)O)c4csc(N)n4)C3SC2)[n+](C)c1N.O=C([O-])C(F)(F)F. The second-order valence-corrected chi connectivity index (χ2v) is 13.4. The Morgan fingerprint density at radius 2 is 1.84 bits per heavy atom. The van der Waals surface area contributed by atoms with Gasteiger partial charge in [-0.1, -0.05) is 10.1 Å². The molecule has 1 fully saturated rings. The quantitative estimate of drug-likeness (QED) is 0.0416. The topological polar surface area (TPSA) is 293 Å². The van der Waals surface area contributed by atoms with E-state index in [0.29, 0.717) is 22.1 Å². The van der Waals surface area contributed by atoms with Gasteiger partial charge in [-0.15, -0.1) is 23.1 Å². The van der Waals surface area contributed by atoms with Gasteiger partial charge in [0.05, 0.1) is 12.6 Å². The fourth-order valence-corrected chi connectivity index (χ4v) is 6.85. The van der Waals surface area contributed by atoms with Gasteiger partial charge in [-0.3, -0.25) is 14.5 Å². The zero-order chi connectivity index (χ0) is 37.2. The lowest BCUT2D eigenvalue weighted by atomic mass is 10.0. The molecule has 2 amide bonds. The monoisotopic (exact) mass is 751 g/mol. The maximum absolute atomic E-state index is 13.2. The number of amides is 2. The third-order valence-corrected chi connectivity index (χ3v) is 9.77. The minimum atomic E-state index is -5.19. The van der Waals surface area contributed by atoms with Gasteiger partial charge >= 0.3 is 23.3 Å². The van der Waals surface area contributed by atoms with Crippen LogP contribution in [0.3, 0.4) is 0 Å². The van der Waals surface area contributed by atoms with Gasteiger partial charge in [0.2, 0.25) is 17.2 Å². The lowest BCUT2D eigenvalue weighted by molar-refractivity contribution is -0.699. The molecule has 0 bridgehead atoms. The zero-order valence-corrected chi connectivity index (χ0v) is 28.2. The van der Waals surface area contributed by atoms with Crippen molar-refractivity contribution in [2.75, 3.05) is 28.7 Å². The molecule has 0 aromatic carbocycles. The van der Waals surface area contributed by atoms with Crippen LogP contribution >= 0.6 is 34.9 Å². The molecule has 9 N–H and O–H groups in total. The van der Waals surface area contributed by atoms with Crippen molar-refractivity contribution in [2.45, 2.75) is 49.1 Å². The predicted octanol–water partition coefficient (Wildman–Crippen LogP) is -1.17. The van der Waals surface area contributed by atoms with Crippen molar-refractivity contribution in [1.29, 1.82) is 0 Å². The number of fused-ring (bicyclic) bond motifs is 1. The van der Waals surface area contributed by atoms with Gasteiger partial charge in [0, 0.05) is 16.9 Å². The molecule has 2 aromatic rings. The van der Waals surface area contributed by atoms with Gasteiger partial charge in [-0.2, -0.15) is 13.2 Å². The summed E-state index contributed by atoms with van der Waals surface area (Å²) in [7, 11) is 1.71. The van der Waals surface area contributed by atoms with E-state index in [1.165, 1.54) is 42.8 Å². The van der Waals surface area contributed by atoms with Crippen LogP contribution in [0.5, 0.6) is 0 Å². The van der Waals surface area contributed by atoms with Crippen LogP contribution in [0.4, 0.5) is 29.9 Å². The number of nitrogens with zero attached hydrogens (tertiary/aromatic N) is 5. The number of nitrogens with two attached hydrogens (primary N) is 3. The van der Waals surface area contributed by atoms with E-state index in [1.807, 2.05) is 0 Å². The Hall–Kier alpha value is -4.84. The van der Waals surface area contributed by atoms with Crippen LogP contribution in [-0.4, -0.2) is 95.2 Å². The number of halogens is 3. The molecule has 4 rings (SSSR count). The van der Waals surface area contributed by atoms with Gasteiger partial charge in [-0.25, -0.2) is 19.1 Å². The number of oxime groups is 1. The van der Waals surface area contributed by atoms with Crippen LogP contribution < -0.4 is 32.2 Å². The van der Waals surface area contributed by atoms with Crippen molar-refractivity contribution in [3.63, 3.8) is 0 Å². The smallest absolute Gasteiger partial charge is 0.430 e. The first-order valence-corrected chi connectivity index (χ1v) is 16.2. The van der Waals surface area contributed by atoms with E-state index in [4.69, 9.17) is 31.9 Å². The molecule has 2 atom stereocenters. The normalized spacial score (nSPS) is 17.7. The molecule has 266 valence electrons. The summed E-state index contributed by atoms with van der Waals surface area (Å²) < 4.78 is 33.2. The van der Waals surface area contributed by atoms with Crippen molar-refractivity contribution in [3.8, 4) is 0 Å². The predicted molar refractivity (Wildman–Crippen MR) is 166 cm³/mol. The second-order valence-electron chi connectivity index (χ2n) is 10.5. The number of aliphatic carboxylic acids is 3. The van der Waals surface area contributed by atoms with Gasteiger partial charge < -0.3 is 47.5 Å². The number of nitrogen functional groups attached to an aromatic ring is 3. The van der Waals surface area contributed by atoms with E-state index in [1.54, 1.807) is 18.5 Å². The summed E-state index contributed by atoms with van der Waals surface area (Å²) in [6.07, 6.45) is -5.19. The third-order valence-electron chi connectivity index (χ3n) is 6.64. The highest BCUT2D eigenvalue weighted by Crippen LogP contribution is 2.41. The molecular formula is C25H28F3N9O9S3. The van der Waals surface area contributed by atoms with Gasteiger partial charge in [0.25, 0.3) is 11.8 Å². The summed E-state index contributed by atoms with van der Waals surface area (Å²) in [6.45, 7) is 4.22. The maximum atomic E-state index is 13.2. The summed E-state index contributed by atoms with van der Waals surface area (Å²) in [5.74, 6) is -6.01. The molecule has 1 saturated heterocycles. The fourth-order valence-electron chi connectivity index (χ4n) is 3.83. The van der Waals surface area contributed by atoms with Crippen LogP contribution in [0.25, 0.3) is 0 Å². The molecule has 0 radical (unpaired) electrons. The largest absolute Gasteiger partial charge is 0.542 e. The third kappa shape index (κ3) is 8.61. The summed E-state index contributed by atoms with van der Waals surface area (Å²) in [5, 5.41) is 35.7. The molecule has 2 aromatic heterocycles. The van der Waals surface area contributed by atoms with Crippen molar-refractivity contribution in [1.82, 2.24) is 20.2 Å². The molecule has 0 spiro atoms. The van der Waals surface area contributed by atoms with E-state index in [-0.39, 0.29) is 33.8 Å². The van der Waals surface area contributed by atoms with E-state index < -0.39 is 58.6 Å². The molecule has 0 saturated carbocycles. The number of thioether (sulfide) groups is 2. The highest BCUT2D eigenvalue weighted by molar-refractivity contribution is 8.01. The number of carboxylic acids is 3. The van der Waals surface area contributed by atoms with Gasteiger partial charge in [0.1, 0.15) is 28.8 Å². The Bertz CT molecular complexity index is 1770. The molecule has 2 aliphatic rings. The number of carbonyl (C=O) groups excluding carboxylic acids is 3. The summed E-state index contributed by atoms with van der Waals surface area (Å²) in [6, 6.07) is -1.09. The van der Waals surface area contributed by atoms with Crippen molar-refractivity contribution >= 4 is 87.1 Å². The van der Waals surface area contributed by atoms with E-state index in [0.717, 1.165) is 16.2 Å². The van der Waals surface area contributed by atoms with E-state index >= 15 is 0 Å². The number of hydrogen-bond acceptors (Lipinski definition) is 16. The Morgan fingerprint density at radius 3 is 2.35 bits per heavy atom. The Morgan fingerprint density at radius 1 is 1.22 bits per heavy atom. The number of alkyl halides is 3. The number of aromatic nitrogens is 3. The van der Waals surface area contributed by atoms with Crippen LogP contribution in [0.15, 0.2) is 27.0 Å². The Kier molecular flexibility index (Phi) is 11.6. The van der Waals surface area contributed by atoms with Crippen LogP contribution in [0.2, 0.25) is 0 Å². The average molecular weight is 752 g/mol. The minimum absolute atomic E-state index is 0.0145. The van der Waals surface area contributed by atoms with Crippen molar-refractivity contribution < 1.29 is 61.9 Å². The van der Waals surface area contributed by atoms with Gasteiger partial charge in [-0.05, 0) is 38.1 Å². The molecular weight excluding hydrogens is 724 g/mol. The first-order chi connectivity index (χ1) is 22.6. The standard InChI is InChI=1S/C23H27N9O7S3.C2HF3O2/c1-8-14(24)29-22(31(4)15(8)25)42-6-9-5-40-18-12(17(34)32(18)13(9)19(35)36)28-16(33)11(10-7-41-21(26)27-10)30-39-23(2,3)20(37)38;3-2(4,5)1(6)7/h7,12,18H,5-6H2,1-4H3,(H8,24,25,26,27,28,33,35,36,37,38);(H,6,7)/b30-11-;. The molecule has 2 aliphatic heterocycles. The second kappa shape index (κ2) is 14.7. The van der Waals surface area contributed by atoms with Crippen LogP contribution in [0, 0.1) is 6.92 Å². The van der Waals surface area contributed by atoms with E-state index in [9.17, 15) is 42.6 Å². The number of carbonyl (C=O) groups is 5. The molecule has 4 heterocycles. The minimum Gasteiger partial charge on any atom is -0.542 e. The summed E-state index contributed by atoms with van der Waals surface area (Å²) in [4.78, 5) is 73.5. The Labute approximate surface area is 286 Å². The molecule has 0 aliphatic carbocycles. The highest BCUT2D eigenvalue weighted by Gasteiger charge is 2.54. The first kappa shape index (κ1) is 38.6. The number of thiazole rings is 1. The van der Waals surface area contributed by atoms with Crippen molar-refractivity contribution in [3.05, 3.63) is 27.9 Å². The zero-order valence-electron chi connectivity index (χ0n) is 25.7. The van der Waals surface area contributed by atoms with Crippen molar-refractivity contribution in [2.24, 2.45) is 12.2 Å².